The third-order valence-electron chi connectivity index (χ3n) is 1.95. The number of carbonyl (C=O) groups is 1. The van der Waals surface area contributed by atoms with E-state index >= 15 is 0 Å². The van der Waals surface area contributed by atoms with Crippen LogP contribution < -0.4 is 0 Å². The van der Waals surface area contributed by atoms with Crippen molar-refractivity contribution in [3.05, 3.63) is 23.9 Å². The fraction of sp³-hybridized carbons (Fsp3) is 0.455. The summed E-state index contributed by atoms with van der Waals surface area (Å²) in [6.07, 6.45) is 0. The average molecular weight is 225 g/mol. The fourth-order valence-electron chi connectivity index (χ4n) is 1.08. The second kappa shape index (κ2) is 5.75. The molecule has 3 nitrogen and oxygen atoms in total. The van der Waals surface area contributed by atoms with Crippen LogP contribution in [-0.4, -0.2) is 23.8 Å². The lowest BCUT2D eigenvalue weighted by Crippen LogP contribution is -2.14. The first-order valence-corrected chi connectivity index (χ1v) is 5.76. The Morgan fingerprint density at radius 1 is 1.60 bits per heavy atom. The van der Waals surface area contributed by atoms with Crippen molar-refractivity contribution in [2.45, 2.75) is 18.9 Å². The number of aromatic nitrogens is 1. The maximum Gasteiger partial charge on any atom is 0.309 e. The number of pyridine rings is 1. The van der Waals surface area contributed by atoms with Crippen molar-refractivity contribution in [3.63, 3.8) is 0 Å². The number of rotatable bonds is 4. The Balaban J connectivity index is 2.47. The lowest BCUT2D eigenvalue weighted by Gasteiger charge is -2.07. The van der Waals surface area contributed by atoms with Gasteiger partial charge in [-0.15, -0.1) is 11.8 Å². The van der Waals surface area contributed by atoms with E-state index in [9.17, 15) is 4.79 Å². The molecule has 1 rings (SSSR count). The molecule has 0 fully saturated rings. The molecule has 1 atom stereocenters. The Kier molecular flexibility index (Phi) is 4.62. The minimum absolute atomic E-state index is 0.0951. The Labute approximate surface area is 94.2 Å². The van der Waals surface area contributed by atoms with E-state index in [0.717, 1.165) is 10.7 Å². The van der Waals surface area contributed by atoms with E-state index < -0.39 is 0 Å². The minimum Gasteiger partial charge on any atom is -0.469 e. The van der Waals surface area contributed by atoms with Crippen molar-refractivity contribution in [1.82, 2.24) is 4.98 Å². The molecule has 0 bridgehead atoms. The van der Waals surface area contributed by atoms with Crippen molar-refractivity contribution in [1.29, 1.82) is 0 Å². The number of hydrogen-bond acceptors (Lipinski definition) is 4. The van der Waals surface area contributed by atoms with Gasteiger partial charge < -0.3 is 4.74 Å². The number of ether oxygens (including phenoxy) is 1. The number of esters is 1. The van der Waals surface area contributed by atoms with Crippen LogP contribution in [-0.2, 0) is 9.53 Å². The van der Waals surface area contributed by atoms with Gasteiger partial charge in [-0.05, 0) is 19.1 Å². The van der Waals surface area contributed by atoms with Crippen LogP contribution in [0.15, 0.2) is 23.2 Å². The first kappa shape index (κ1) is 12.0. The molecular weight excluding hydrogens is 210 g/mol. The normalized spacial score (nSPS) is 12.2. The van der Waals surface area contributed by atoms with Crippen LogP contribution in [0.1, 0.15) is 12.6 Å². The molecule has 1 heterocycles. The summed E-state index contributed by atoms with van der Waals surface area (Å²) in [5, 5.41) is 0.950. The molecular formula is C11H15NO2S. The van der Waals surface area contributed by atoms with Crippen LogP contribution in [0.3, 0.4) is 0 Å². The Bertz CT molecular complexity index is 341. The van der Waals surface area contributed by atoms with Crippen LogP contribution in [0.2, 0.25) is 0 Å². The van der Waals surface area contributed by atoms with Gasteiger partial charge in [0.1, 0.15) is 0 Å². The standard InChI is InChI=1S/C11H15NO2S/c1-8(11(13)14-3)7-15-10-6-4-5-9(2)12-10/h4-6,8H,7H2,1-3H3. The quantitative estimate of drug-likeness (QED) is 0.582. The number of methoxy groups -OCH3 is 1. The molecule has 82 valence electrons. The summed E-state index contributed by atoms with van der Waals surface area (Å²) in [5.41, 5.74) is 0.991. The van der Waals surface area contributed by atoms with Gasteiger partial charge >= 0.3 is 5.97 Å². The van der Waals surface area contributed by atoms with Gasteiger partial charge in [0.05, 0.1) is 18.1 Å². The molecule has 0 spiro atoms. The van der Waals surface area contributed by atoms with E-state index in [-0.39, 0.29) is 11.9 Å². The molecule has 0 aliphatic rings. The van der Waals surface area contributed by atoms with Crippen LogP contribution in [0.5, 0.6) is 0 Å². The van der Waals surface area contributed by atoms with E-state index in [1.807, 2.05) is 32.0 Å². The van der Waals surface area contributed by atoms with E-state index in [2.05, 4.69) is 9.72 Å². The van der Waals surface area contributed by atoms with Crippen LogP contribution in [0.4, 0.5) is 0 Å². The summed E-state index contributed by atoms with van der Waals surface area (Å²) in [4.78, 5) is 15.5. The molecule has 0 N–H and O–H groups in total. The van der Waals surface area contributed by atoms with Gasteiger partial charge in [-0.2, -0.15) is 0 Å². The molecule has 0 saturated heterocycles. The first-order valence-electron chi connectivity index (χ1n) is 4.77. The van der Waals surface area contributed by atoms with Crippen molar-refractivity contribution in [2.24, 2.45) is 5.92 Å². The summed E-state index contributed by atoms with van der Waals surface area (Å²) in [6, 6.07) is 5.86. The van der Waals surface area contributed by atoms with Crippen LogP contribution in [0.25, 0.3) is 0 Å². The number of hydrogen-bond donors (Lipinski definition) is 0. The zero-order valence-corrected chi connectivity index (χ0v) is 10.0. The zero-order chi connectivity index (χ0) is 11.3. The highest BCUT2D eigenvalue weighted by Crippen LogP contribution is 2.19. The van der Waals surface area contributed by atoms with Crippen molar-refractivity contribution < 1.29 is 9.53 Å². The molecule has 0 aliphatic heterocycles. The smallest absolute Gasteiger partial charge is 0.309 e. The molecule has 0 aromatic carbocycles. The molecule has 0 saturated carbocycles. The largest absolute Gasteiger partial charge is 0.469 e. The molecule has 0 aliphatic carbocycles. The predicted octanol–water partition coefficient (Wildman–Crippen LogP) is 2.29. The summed E-state index contributed by atoms with van der Waals surface area (Å²) in [5.74, 6) is 0.431. The number of thioether (sulfide) groups is 1. The predicted molar refractivity (Wildman–Crippen MR) is 60.9 cm³/mol. The Hall–Kier alpha value is -1.03. The molecule has 0 amide bonds. The molecule has 4 heteroatoms. The summed E-state index contributed by atoms with van der Waals surface area (Å²) >= 11 is 1.57. The third kappa shape index (κ3) is 3.91. The van der Waals surface area contributed by atoms with Gasteiger partial charge in [0.25, 0.3) is 0 Å². The van der Waals surface area contributed by atoms with E-state index in [0.29, 0.717) is 5.75 Å². The SMILES string of the molecule is COC(=O)C(C)CSc1cccc(C)n1. The lowest BCUT2D eigenvalue weighted by molar-refractivity contribution is -0.143. The lowest BCUT2D eigenvalue weighted by atomic mass is 10.2. The summed E-state index contributed by atoms with van der Waals surface area (Å²) < 4.78 is 4.65. The van der Waals surface area contributed by atoms with Crippen LogP contribution >= 0.6 is 11.8 Å². The zero-order valence-electron chi connectivity index (χ0n) is 9.19. The topological polar surface area (TPSA) is 39.2 Å². The van der Waals surface area contributed by atoms with E-state index in [4.69, 9.17) is 0 Å². The maximum absolute atomic E-state index is 11.1. The molecule has 1 aromatic heterocycles. The van der Waals surface area contributed by atoms with Crippen molar-refractivity contribution >= 4 is 17.7 Å². The number of aryl methyl sites for hydroxylation is 1. The second-order valence-electron chi connectivity index (χ2n) is 3.35. The maximum atomic E-state index is 11.1. The highest BCUT2D eigenvalue weighted by Gasteiger charge is 2.13. The van der Waals surface area contributed by atoms with Gasteiger partial charge in [0.15, 0.2) is 0 Å². The van der Waals surface area contributed by atoms with E-state index in [1.165, 1.54) is 7.11 Å². The van der Waals surface area contributed by atoms with Gasteiger partial charge in [-0.3, -0.25) is 4.79 Å². The summed E-state index contributed by atoms with van der Waals surface area (Å²) in [7, 11) is 1.41. The van der Waals surface area contributed by atoms with Gasteiger partial charge in [-0.25, -0.2) is 4.98 Å². The van der Waals surface area contributed by atoms with Crippen molar-refractivity contribution in [3.8, 4) is 0 Å². The third-order valence-corrected chi connectivity index (χ3v) is 3.14. The van der Waals surface area contributed by atoms with E-state index in [1.54, 1.807) is 11.8 Å². The Morgan fingerprint density at radius 2 is 2.33 bits per heavy atom. The second-order valence-corrected chi connectivity index (χ2v) is 4.39. The molecule has 15 heavy (non-hydrogen) atoms. The highest BCUT2D eigenvalue weighted by molar-refractivity contribution is 7.99. The highest BCUT2D eigenvalue weighted by atomic mass is 32.2. The molecule has 1 aromatic rings. The van der Waals surface area contributed by atoms with Crippen molar-refractivity contribution in [2.75, 3.05) is 12.9 Å². The fourth-order valence-corrected chi connectivity index (χ4v) is 2.02. The first-order chi connectivity index (χ1) is 7.13. The number of carbonyl (C=O) groups excluding carboxylic acids is 1. The van der Waals surface area contributed by atoms with Gasteiger partial charge in [0.2, 0.25) is 0 Å². The average Bonchev–Trinajstić information content (AvgIpc) is 2.25. The van der Waals surface area contributed by atoms with Gasteiger partial charge in [0, 0.05) is 11.4 Å². The molecule has 0 radical (unpaired) electrons. The van der Waals surface area contributed by atoms with Gasteiger partial charge in [-0.1, -0.05) is 13.0 Å². The van der Waals surface area contributed by atoms with Crippen LogP contribution in [0, 0.1) is 12.8 Å². The Morgan fingerprint density at radius 3 is 2.93 bits per heavy atom. The minimum atomic E-state index is -0.171. The summed E-state index contributed by atoms with van der Waals surface area (Å²) in [6.45, 7) is 3.81. The monoisotopic (exact) mass is 225 g/mol. The molecule has 1 unspecified atom stereocenters. The number of nitrogens with zero attached hydrogens (tertiary/aromatic N) is 1.